The summed E-state index contributed by atoms with van der Waals surface area (Å²) in [5, 5.41) is 17.8. The molecule has 1 fully saturated rings. The fourth-order valence-corrected chi connectivity index (χ4v) is 3.72. The van der Waals surface area contributed by atoms with Gasteiger partial charge in [0.05, 0.1) is 29.0 Å². The molecule has 2 N–H and O–H groups in total. The van der Waals surface area contributed by atoms with E-state index in [0.717, 1.165) is 16.7 Å². The van der Waals surface area contributed by atoms with E-state index >= 15 is 0 Å². The van der Waals surface area contributed by atoms with Gasteiger partial charge in [0.15, 0.2) is 5.17 Å². The first-order valence-electron chi connectivity index (χ1n) is 9.27. The quantitative estimate of drug-likeness (QED) is 0.229. The maximum Gasteiger partial charge on any atom is 0.278 e. The van der Waals surface area contributed by atoms with Crippen molar-refractivity contribution in [3.05, 3.63) is 64.2 Å². The van der Waals surface area contributed by atoms with Crippen molar-refractivity contribution < 1.29 is 19.2 Å². The van der Waals surface area contributed by atoms with Crippen LogP contribution in [0.1, 0.15) is 18.9 Å². The summed E-state index contributed by atoms with van der Waals surface area (Å²) in [4.78, 5) is 36.7. The topological polar surface area (TPSA) is 140 Å². The van der Waals surface area contributed by atoms with Crippen LogP contribution in [0.25, 0.3) is 0 Å². The lowest BCUT2D eigenvalue weighted by Gasteiger charge is -2.15. The summed E-state index contributed by atoms with van der Waals surface area (Å²) in [5.41, 5.74) is 6.43. The predicted octanol–water partition coefficient (Wildman–Crippen LogP) is 2.71. The van der Waals surface area contributed by atoms with Gasteiger partial charge in [0.25, 0.3) is 5.69 Å². The van der Waals surface area contributed by atoms with Crippen LogP contribution in [-0.4, -0.2) is 40.0 Å². The molecule has 160 valence electrons. The number of nitrogens with two attached hydrogens (primary N) is 1. The molecule has 31 heavy (non-hydrogen) atoms. The van der Waals surface area contributed by atoms with Crippen LogP contribution in [0.5, 0.6) is 5.75 Å². The number of nitrogens with zero attached hydrogens (tertiary/aromatic N) is 4. The number of carbonyl (C=O) groups excluding carboxylic acids is 2. The van der Waals surface area contributed by atoms with Crippen molar-refractivity contribution in [3.8, 4) is 5.75 Å². The van der Waals surface area contributed by atoms with E-state index in [9.17, 15) is 19.7 Å². The number of ether oxygens (including phenoxy) is 1. The van der Waals surface area contributed by atoms with E-state index in [1.165, 1.54) is 18.3 Å². The predicted molar refractivity (Wildman–Crippen MR) is 118 cm³/mol. The number of nitro benzene ring substituents is 1. The summed E-state index contributed by atoms with van der Waals surface area (Å²) in [6, 6.07) is 12.7. The highest BCUT2D eigenvalue weighted by atomic mass is 32.2. The lowest BCUT2D eigenvalue weighted by Crippen LogP contribution is -2.31. The molecule has 1 aliphatic rings. The minimum atomic E-state index is -0.732. The zero-order valence-electron chi connectivity index (χ0n) is 16.5. The molecular weight excluding hydrogens is 422 g/mol. The molecule has 0 aromatic heterocycles. The van der Waals surface area contributed by atoms with Crippen molar-refractivity contribution in [1.29, 1.82) is 0 Å². The highest BCUT2D eigenvalue weighted by Gasteiger charge is 2.40. The summed E-state index contributed by atoms with van der Waals surface area (Å²) < 4.78 is 5.37. The highest BCUT2D eigenvalue weighted by Crippen LogP contribution is 2.30. The van der Waals surface area contributed by atoms with Gasteiger partial charge in [-0.1, -0.05) is 23.9 Å². The van der Waals surface area contributed by atoms with E-state index in [4.69, 9.17) is 10.5 Å². The molecule has 3 rings (SSSR count). The zero-order chi connectivity index (χ0) is 22.4. The van der Waals surface area contributed by atoms with Crippen molar-refractivity contribution in [2.45, 2.75) is 18.6 Å². The lowest BCUT2D eigenvalue weighted by molar-refractivity contribution is -0.385. The van der Waals surface area contributed by atoms with E-state index in [1.54, 1.807) is 36.4 Å². The van der Waals surface area contributed by atoms with Gasteiger partial charge in [-0.2, -0.15) is 5.10 Å². The van der Waals surface area contributed by atoms with Gasteiger partial charge in [-0.25, -0.2) is 4.90 Å². The first kappa shape index (κ1) is 22.0. The third-order valence-electron chi connectivity index (χ3n) is 4.26. The Morgan fingerprint density at radius 2 is 2.00 bits per heavy atom. The zero-order valence-corrected chi connectivity index (χ0v) is 17.3. The van der Waals surface area contributed by atoms with E-state index in [-0.39, 0.29) is 28.7 Å². The van der Waals surface area contributed by atoms with Crippen LogP contribution in [0.3, 0.4) is 0 Å². The summed E-state index contributed by atoms with van der Waals surface area (Å²) in [5.74, 6) is -0.105. The normalized spacial score (nSPS) is 16.9. The van der Waals surface area contributed by atoms with Crippen LogP contribution < -0.4 is 15.4 Å². The second-order valence-corrected chi connectivity index (χ2v) is 7.53. The van der Waals surface area contributed by atoms with Crippen molar-refractivity contribution in [1.82, 2.24) is 0 Å². The molecule has 0 unspecified atom stereocenters. The first-order valence-corrected chi connectivity index (χ1v) is 10.1. The number of anilines is 1. The number of thioether (sulfide) groups is 1. The van der Waals surface area contributed by atoms with Gasteiger partial charge in [0, 0.05) is 12.5 Å². The monoisotopic (exact) mass is 441 g/mol. The lowest BCUT2D eigenvalue weighted by atomic mass is 10.2. The summed E-state index contributed by atoms with van der Waals surface area (Å²) in [6.07, 6.45) is 1.18. The molecule has 2 amide bonds. The van der Waals surface area contributed by atoms with Crippen LogP contribution >= 0.6 is 11.8 Å². The molecule has 0 aliphatic carbocycles. The Morgan fingerprint density at radius 1 is 1.29 bits per heavy atom. The molecular formula is C20H19N5O5S. The number of para-hydroxylation sites is 1. The average molecular weight is 441 g/mol. The van der Waals surface area contributed by atoms with Crippen LogP contribution in [0.2, 0.25) is 0 Å². The molecule has 0 radical (unpaired) electrons. The number of nitro groups is 1. The van der Waals surface area contributed by atoms with Gasteiger partial charge in [0.2, 0.25) is 11.8 Å². The Labute approximate surface area is 181 Å². The van der Waals surface area contributed by atoms with Crippen molar-refractivity contribution in [3.63, 3.8) is 0 Å². The minimum absolute atomic E-state index is 0.0270. The largest absolute Gasteiger partial charge is 0.494 e. The third kappa shape index (κ3) is 5.25. The Morgan fingerprint density at radius 3 is 2.68 bits per heavy atom. The second kappa shape index (κ2) is 9.85. The molecule has 1 saturated heterocycles. The van der Waals surface area contributed by atoms with Gasteiger partial charge in [-0.15, -0.1) is 5.10 Å². The molecule has 1 heterocycles. The SMILES string of the molecule is CCOc1ccc(N2C(=O)C[C@H](SC(N)=NN=Cc3ccccc3[N+](=O)[O-])C2=O)cc1. The molecule has 2 aromatic carbocycles. The highest BCUT2D eigenvalue weighted by molar-refractivity contribution is 8.14. The number of hydrogen-bond donors (Lipinski definition) is 1. The number of rotatable bonds is 7. The molecule has 1 aliphatic heterocycles. The van der Waals surface area contributed by atoms with Gasteiger partial charge in [-0.3, -0.25) is 19.7 Å². The van der Waals surface area contributed by atoms with Crippen molar-refractivity contribution in [2.24, 2.45) is 15.9 Å². The van der Waals surface area contributed by atoms with Crippen molar-refractivity contribution >= 4 is 46.3 Å². The maximum atomic E-state index is 12.7. The van der Waals surface area contributed by atoms with E-state index in [0.29, 0.717) is 18.0 Å². The number of amides is 2. The number of carbonyl (C=O) groups is 2. The maximum absolute atomic E-state index is 12.7. The number of amidine groups is 1. The molecule has 0 bridgehead atoms. The summed E-state index contributed by atoms with van der Waals surface area (Å²) in [6.45, 7) is 2.37. The second-order valence-electron chi connectivity index (χ2n) is 6.30. The molecule has 11 heteroatoms. The van der Waals surface area contributed by atoms with Gasteiger partial charge < -0.3 is 10.5 Å². The van der Waals surface area contributed by atoms with E-state index in [2.05, 4.69) is 10.2 Å². The third-order valence-corrected chi connectivity index (χ3v) is 5.24. The summed E-state index contributed by atoms with van der Waals surface area (Å²) >= 11 is 0.918. The standard InChI is InChI=1S/C20H19N5O5S/c1-2-30-15-9-7-14(8-10-15)24-18(26)11-17(19(24)27)31-20(21)23-22-12-13-5-3-4-6-16(13)25(28)29/h3-10,12,17H,2,11H2,1H3,(H2,21,23)/t17-/m0/s1. The Kier molecular flexibility index (Phi) is 6.98. The molecule has 0 saturated carbocycles. The van der Waals surface area contributed by atoms with Crippen LogP contribution in [0, 0.1) is 10.1 Å². The van der Waals surface area contributed by atoms with Crippen molar-refractivity contribution in [2.75, 3.05) is 11.5 Å². The number of hydrogen-bond acceptors (Lipinski definition) is 8. The van der Waals surface area contributed by atoms with Gasteiger partial charge in [-0.05, 0) is 37.3 Å². The van der Waals surface area contributed by atoms with Crippen LogP contribution in [0.4, 0.5) is 11.4 Å². The van der Waals surface area contributed by atoms with Gasteiger partial charge in [0.1, 0.15) is 11.0 Å². The average Bonchev–Trinajstić information content (AvgIpc) is 3.02. The Balaban J connectivity index is 1.67. The van der Waals surface area contributed by atoms with Gasteiger partial charge >= 0.3 is 0 Å². The Bertz CT molecular complexity index is 1050. The molecule has 1 atom stereocenters. The molecule has 0 spiro atoms. The fourth-order valence-electron chi connectivity index (χ4n) is 2.91. The minimum Gasteiger partial charge on any atom is -0.494 e. The van der Waals surface area contributed by atoms with Crippen LogP contribution in [0.15, 0.2) is 58.7 Å². The first-order chi connectivity index (χ1) is 14.9. The fraction of sp³-hybridized carbons (Fsp3) is 0.200. The smallest absolute Gasteiger partial charge is 0.278 e. The number of imide groups is 1. The Hall–Kier alpha value is -3.73. The van der Waals surface area contributed by atoms with E-state index < -0.39 is 16.1 Å². The molecule has 2 aromatic rings. The molecule has 10 nitrogen and oxygen atoms in total. The van der Waals surface area contributed by atoms with E-state index in [1.807, 2.05) is 6.92 Å². The number of benzene rings is 2. The van der Waals surface area contributed by atoms with Crippen LogP contribution in [-0.2, 0) is 9.59 Å². The summed E-state index contributed by atoms with van der Waals surface area (Å²) in [7, 11) is 0.